The predicted molar refractivity (Wildman–Crippen MR) is 89.4 cm³/mol. The van der Waals surface area contributed by atoms with Gasteiger partial charge in [-0.05, 0) is 24.6 Å². The Balaban J connectivity index is 1.76. The van der Waals surface area contributed by atoms with Crippen molar-refractivity contribution in [1.82, 2.24) is 4.90 Å². The van der Waals surface area contributed by atoms with Crippen molar-refractivity contribution in [2.45, 2.75) is 24.8 Å². The van der Waals surface area contributed by atoms with Gasteiger partial charge in [0, 0.05) is 30.7 Å². The lowest BCUT2D eigenvalue weighted by Gasteiger charge is -2.17. The van der Waals surface area contributed by atoms with Crippen LogP contribution in [0.4, 0.5) is 0 Å². The van der Waals surface area contributed by atoms with E-state index in [9.17, 15) is 4.79 Å². The number of carbonyl (C=O) groups excluding carboxylic acids is 1. The summed E-state index contributed by atoms with van der Waals surface area (Å²) in [5.41, 5.74) is 2.42. The van der Waals surface area contributed by atoms with Crippen molar-refractivity contribution in [2.24, 2.45) is 0 Å². The number of benzene rings is 2. The van der Waals surface area contributed by atoms with Crippen molar-refractivity contribution < 1.29 is 4.79 Å². The molecule has 0 bridgehead atoms. The van der Waals surface area contributed by atoms with E-state index in [1.54, 1.807) is 16.7 Å². The summed E-state index contributed by atoms with van der Waals surface area (Å²) in [5, 5.41) is 0. The van der Waals surface area contributed by atoms with Crippen LogP contribution in [0.5, 0.6) is 0 Å². The van der Waals surface area contributed by atoms with Gasteiger partial charge in [0.25, 0.3) is 0 Å². The van der Waals surface area contributed by atoms with Crippen LogP contribution in [-0.2, 0) is 11.3 Å². The molecule has 0 heterocycles. The van der Waals surface area contributed by atoms with E-state index in [2.05, 4.69) is 43.3 Å². The van der Waals surface area contributed by atoms with Gasteiger partial charge in [-0.1, -0.05) is 48.0 Å². The Hall–Kier alpha value is -1.74. The summed E-state index contributed by atoms with van der Waals surface area (Å²) in [5.74, 6) is 1.01. The Labute approximate surface area is 131 Å². The molecular formula is C18H21NOS. The lowest BCUT2D eigenvalue weighted by atomic mass is 10.1. The molecule has 1 amide bonds. The standard InChI is InChI=1S/C18H21NOS/c1-15-8-10-16(11-9-15)14-19(2)18(20)12-13-21-17-6-4-3-5-7-17/h3-11H,12-14H2,1-2H3. The van der Waals surface area contributed by atoms with Crippen molar-refractivity contribution in [3.63, 3.8) is 0 Å². The third-order valence-corrected chi connectivity index (χ3v) is 4.31. The van der Waals surface area contributed by atoms with Gasteiger partial charge < -0.3 is 4.90 Å². The Bertz CT molecular complexity index is 566. The normalized spacial score (nSPS) is 10.4. The summed E-state index contributed by atoms with van der Waals surface area (Å²) in [6.07, 6.45) is 0.571. The Morgan fingerprint density at radius 3 is 2.38 bits per heavy atom. The van der Waals surface area contributed by atoms with Gasteiger partial charge in [-0.15, -0.1) is 11.8 Å². The molecule has 0 aliphatic heterocycles. The molecule has 2 rings (SSSR count). The molecule has 0 aliphatic carbocycles. The summed E-state index contributed by atoms with van der Waals surface area (Å²) < 4.78 is 0. The Kier molecular flexibility index (Phi) is 5.88. The summed E-state index contributed by atoms with van der Waals surface area (Å²) in [6.45, 7) is 2.74. The van der Waals surface area contributed by atoms with Crippen LogP contribution in [0.15, 0.2) is 59.5 Å². The van der Waals surface area contributed by atoms with E-state index < -0.39 is 0 Å². The van der Waals surface area contributed by atoms with Crippen LogP contribution in [0.2, 0.25) is 0 Å². The molecule has 3 heteroatoms. The third kappa shape index (κ3) is 5.27. The molecule has 2 nitrogen and oxygen atoms in total. The molecule has 0 aliphatic rings. The molecule has 0 saturated heterocycles. The van der Waals surface area contributed by atoms with E-state index in [0.29, 0.717) is 13.0 Å². The van der Waals surface area contributed by atoms with Gasteiger partial charge in [-0.2, -0.15) is 0 Å². The largest absolute Gasteiger partial charge is 0.341 e. The minimum atomic E-state index is 0.194. The molecule has 0 unspecified atom stereocenters. The number of hydrogen-bond acceptors (Lipinski definition) is 2. The van der Waals surface area contributed by atoms with Crippen LogP contribution in [0.25, 0.3) is 0 Å². The summed E-state index contributed by atoms with van der Waals surface area (Å²) in [7, 11) is 1.87. The molecule has 0 atom stereocenters. The van der Waals surface area contributed by atoms with Crippen LogP contribution in [-0.4, -0.2) is 23.6 Å². The smallest absolute Gasteiger partial charge is 0.223 e. The number of amides is 1. The molecule has 0 saturated carbocycles. The summed E-state index contributed by atoms with van der Waals surface area (Å²) in [4.78, 5) is 15.1. The second kappa shape index (κ2) is 7.89. The molecule has 0 N–H and O–H groups in total. The monoisotopic (exact) mass is 299 g/mol. The maximum atomic E-state index is 12.1. The molecule has 0 radical (unpaired) electrons. The third-order valence-electron chi connectivity index (χ3n) is 3.29. The Morgan fingerprint density at radius 2 is 1.71 bits per heavy atom. The minimum absolute atomic E-state index is 0.194. The molecule has 0 spiro atoms. The van der Waals surface area contributed by atoms with Gasteiger partial charge in [0.2, 0.25) is 5.91 Å². The number of aryl methyl sites for hydroxylation is 1. The zero-order chi connectivity index (χ0) is 15.1. The van der Waals surface area contributed by atoms with E-state index in [1.807, 2.05) is 25.2 Å². The lowest BCUT2D eigenvalue weighted by molar-refractivity contribution is -0.129. The van der Waals surface area contributed by atoms with Crippen molar-refractivity contribution >= 4 is 17.7 Å². The first-order chi connectivity index (χ1) is 10.1. The highest BCUT2D eigenvalue weighted by atomic mass is 32.2. The average Bonchev–Trinajstić information content (AvgIpc) is 2.50. The minimum Gasteiger partial charge on any atom is -0.341 e. The molecule has 2 aromatic carbocycles. The highest BCUT2D eigenvalue weighted by Gasteiger charge is 2.09. The number of hydrogen-bond donors (Lipinski definition) is 0. The van der Waals surface area contributed by atoms with Crippen LogP contribution in [0.3, 0.4) is 0 Å². The molecular weight excluding hydrogens is 278 g/mol. The zero-order valence-electron chi connectivity index (χ0n) is 12.6. The van der Waals surface area contributed by atoms with Gasteiger partial charge in [-0.25, -0.2) is 0 Å². The van der Waals surface area contributed by atoms with E-state index in [0.717, 1.165) is 5.75 Å². The lowest BCUT2D eigenvalue weighted by Crippen LogP contribution is -2.26. The van der Waals surface area contributed by atoms with Crippen LogP contribution >= 0.6 is 11.8 Å². The SMILES string of the molecule is Cc1ccc(CN(C)C(=O)CCSc2ccccc2)cc1. The molecule has 2 aromatic rings. The van der Waals surface area contributed by atoms with Crippen LogP contribution in [0, 0.1) is 6.92 Å². The second-order valence-corrected chi connectivity index (χ2v) is 6.32. The van der Waals surface area contributed by atoms with Gasteiger partial charge in [-0.3, -0.25) is 4.79 Å². The quantitative estimate of drug-likeness (QED) is 0.747. The highest BCUT2D eigenvalue weighted by molar-refractivity contribution is 7.99. The fourth-order valence-corrected chi connectivity index (χ4v) is 2.88. The molecule has 0 aromatic heterocycles. The average molecular weight is 299 g/mol. The Morgan fingerprint density at radius 1 is 1.05 bits per heavy atom. The van der Waals surface area contributed by atoms with Crippen molar-refractivity contribution in [3.8, 4) is 0 Å². The first-order valence-corrected chi connectivity index (χ1v) is 8.11. The fourth-order valence-electron chi connectivity index (χ4n) is 2.02. The second-order valence-electron chi connectivity index (χ2n) is 5.15. The number of thioether (sulfide) groups is 1. The van der Waals surface area contributed by atoms with Crippen LogP contribution < -0.4 is 0 Å². The van der Waals surface area contributed by atoms with Gasteiger partial charge >= 0.3 is 0 Å². The number of carbonyl (C=O) groups is 1. The summed E-state index contributed by atoms with van der Waals surface area (Å²) in [6, 6.07) is 18.5. The summed E-state index contributed by atoms with van der Waals surface area (Å²) >= 11 is 1.73. The van der Waals surface area contributed by atoms with E-state index in [1.165, 1.54) is 16.0 Å². The predicted octanol–water partition coefficient (Wildman–Crippen LogP) is 4.14. The van der Waals surface area contributed by atoms with E-state index >= 15 is 0 Å². The number of nitrogens with zero attached hydrogens (tertiary/aromatic N) is 1. The maximum Gasteiger partial charge on any atom is 0.223 e. The van der Waals surface area contributed by atoms with Gasteiger partial charge in [0.15, 0.2) is 0 Å². The molecule has 110 valence electrons. The first-order valence-electron chi connectivity index (χ1n) is 7.12. The fraction of sp³-hybridized carbons (Fsp3) is 0.278. The maximum absolute atomic E-state index is 12.1. The van der Waals surface area contributed by atoms with Crippen molar-refractivity contribution in [3.05, 3.63) is 65.7 Å². The molecule has 21 heavy (non-hydrogen) atoms. The van der Waals surface area contributed by atoms with Crippen LogP contribution in [0.1, 0.15) is 17.5 Å². The number of rotatable bonds is 6. The van der Waals surface area contributed by atoms with Gasteiger partial charge in [0.05, 0.1) is 0 Å². The van der Waals surface area contributed by atoms with Crippen molar-refractivity contribution in [1.29, 1.82) is 0 Å². The van der Waals surface area contributed by atoms with Gasteiger partial charge in [0.1, 0.15) is 0 Å². The van der Waals surface area contributed by atoms with Crippen molar-refractivity contribution in [2.75, 3.05) is 12.8 Å². The first kappa shape index (κ1) is 15.6. The van der Waals surface area contributed by atoms with E-state index in [4.69, 9.17) is 0 Å². The highest BCUT2D eigenvalue weighted by Crippen LogP contribution is 2.18. The van der Waals surface area contributed by atoms with E-state index in [-0.39, 0.29) is 5.91 Å². The zero-order valence-corrected chi connectivity index (χ0v) is 13.4. The topological polar surface area (TPSA) is 20.3 Å². The molecule has 0 fully saturated rings.